The van der Waals surface area contributed by atoms with Gasteiger partial charge in [0, 0.05) is 16.9 Å². The molecule has 1 aromatic carbocycles. The Kier molecular flexibility index (Phi) is 4.18. The number of amides is 1. The van der Waals surface area contributed by atoms with E-state index in [1.165, 1.54) is 11.3 Å². The van der Waals surface area contributed by atoms with Crippen LogP contribution in [0, 0.1) is 6.92 Å². The molecule has 0 saturated carbocycles. The molecule has 4 nitrogen and oxygen atoms in total. The van der Waals surface area contributed by atoms with Crippen molar-refractivity contribution in [2.75, 3.05) is 5.32 Å². The number of halogens is 1. The fourth-order valence-electron chi connectivity index (χ4n) is 1.93. The summed E-state index contributed by atoms with van der Waals surface area (Å²) in [5.41, 5.74) is 2.15. The Bertz CT molecular complexity index is 800. The molecule has 0 bridgehead atoms. The average Bonchev–Trinajstić information content (AvgIpc) is 2.92. The molecule has 110 valence electrons. The summed E-state index contributed by atoms with van der Waals surface area (Å²) in [5.74, 6) is -0.181. The van der Waals surface area contributed by atoms with Crippen LogP contribution >= 0.6 is 22.9 Å². The van der Waals surface area contributed by atoms with E-state index < -0.39 is 0 Å². The van der Waals surface area contributed by atoms with Gasteiger partial charge in [-0.2, -0.15) is 0 Å². The lowest BCUT2D eigenvalue weighted by molar-refractivity contribution is 0.103. The number of hydrogen-bond acceptors (Lipinski definition) is 4. The van der Waals surface area contributed by atoms with E-state index in [1.807, 2.05) is 25.1 Å². The molecule has 0 radical (unpaired) electrons. The van der Waals surface area contributed by atoms with E-state index in [2.05, 4.69) is 15.3 Å². The lowest BCUT2D eigenvalue weighted by atomic mass is 10.3. The van der Waals surface area contributed by atoms with Gasteiger partial charge in [0.25, 0.3) is 5.91 Å². The Balaban J connectivity index is 1.84. The number of carbonyl (C=O) groups excluding carboxylic acids is 1. The van der Waals surface area contributed by atoms with Crippen molar-refractivity contribution in [2.24, 2.45) is 0 Å². The SMILES string of the molecule is Cc1nc(-c2ccccn2)sc1C(=O)Nc1ccc(Cl)cc1. The second-order valence-electron chi connectivity index (χ2n) is 4.61. The zero-order chi connectivity index (χ0) is 15.5. The van der Waals surface area contributed by atoms with Crippen LogP contribution in [0.15, 0.2) is 48.7 Å². The van der Waals surface area contributed by atoms with Crippen molar-refractivity contribution in [3.05, 3.63) is 64.3 Å². The number of aromatic nitrogens is 2. The summed E-state index contributed by atoms with van der Waals surface area (Å²) >= 11 is 7.17. The lowest BCUT2D eigenvalue weighted by Crippen LogP contribution is -2.11. The molecule has 0 atom stereocenters. The number of benzene rings is 1. The summed E-state index contributed by atoms with van der Waals surface area (Å²) < 4.78 is 0. The number of nitrogens with one attached hydrogen (secondary N) is 1. The summed E-state index contributed by atoms with van der Waals surface area (Å²) in [7, 11) is 0. The molecule has 22 heavy (non-hydrogen) atoms. The molecule has 0 aliphatic rings. The van der Waals surface area contributed by atoms with Gasteiger partial charge in [0.1, 0.15) is 9.88 Å². The molecule has 1 amide bonds. The first-order valence-corrected chi connectivity index (χ1v) is 7.78. The summed E-state index contributed by atoms with van der Waals surface area (Å²) in [6, 6.07) is 12.6. The molecule has 0 spiro atoms. The Hall–Kier alpha value is -2.24. The van der Waals surface area contributed by atoms with Crippen LogP contribution in [0.1, 0.15) is 15.4 Å². The summed E-state index contributed by atoms with van der Waals surface area (Å²) in [6.45, 7) is 1.82. The van der Waals surface area contributed by atoms with Gasteiger partial charge >= 0.3 is 0 Å². The average molecular weight is 330 g/mol. The summed E-state index contributed by atoms with van der Waals surface area (Å²) in [4.78, 5) is 21.6. The number of carbonyl (C=O) groups is 1. The van der Waals surface area contributed by atoms with E-state index >= 15 is 0 Å². The van der Waals surface area contributed by atoms with Crippen molar-refractivity contribution >= 4 is 34.5 Å². The number of rotatable bonds is 3. The van der Waals surface area contributed by atoms with Crippen molar-refractivity contribution in [1.82, 2.24) is 9.97 Å². The van der Waals surface area contributed by atoms with Gasteiger partial charge in [-0.1, -0.05) is 17.7 Å². The number of anilines is 1. The van der Waals surface area contributed by atoms with Crippen molar-refractivity contribution in [2.45, 2.75) is 6.92 Å². The Labute approximate surface area is 136 Å². The van der Waals surface area contributed by atoms with Crippen LogP contribution in [0.4, 0.5) is 5.69 Å². The molecular formula is C16H12ClN3OS. The molecule has 3 rings (SSSR count). The highest BCUT2D eigenvalue weighted by molar-refractivity contribution is 7.17. The highest BCUT2D eigenvalue weighted by atomic mass is 35.5. The molecule has 0 unspecified atom stereocenters. The quantitative estimate of drug-likeness (QED) is 0.774. The maximum atomic E-state index is 12.4. The Morgan fingerprint density at radius 2 is 1.95 bits per heavy atom. The van der Waals surface area contributed by atoms with E-state index in [0.29, 0.717) is 21.3 Å². The molecule has 0 aliphatic carbocycles. The third-order valence-electron chi connectivity index (χ3n) is 2.99. The van der Waals surface area contributed by atoms with Crippen LogP contribution in [-0.2, 0) is 0 Å². The van der Waals surface area contributed by atoms with Crippen molar-refractivity contribution < 1.29 is 4.79 Å². The van der Waals surface area contributed by atoms with Gasteiger partial charge in [-0.05, 0) is 43.3 Å². The molecular weight excluding hydrogens is 318 g/mol. The Morgan fingerprint density at radius 3 is 2.64 bits per heavy atom. The number of thiazole rings is 1. The van der Waals surface area contributed by atoms with Crippen LogP contribution in [-0.4, -0.2) is 15.9 Å². The molecule has 0 fully saturated rings. The first-order valence-electron chi connectivity index (χ1n) is 6.59. The molecule has 0 aliphatic heterocycles. The minimum atomic E-state index is -0.181. The second kappa shape index (κ2) is 6.25. The first-order chi connectivity index (χ1) is 10.6. The highest BCUT2D eigenvalue weighted by Crippen LogP contribution is 2.27. The minimum absolute atomic E-state index is 0.181. The lowest BCUT2D eigenvalue weighted by Gasteiger charge is -2.03. The molecule has 2 aromatic heterocycles. The third-order valence-corrected chi connectivity index (χ3v) is 4.42. The van der Waals surface area contributed by atoms with E-state index in [1.54, 1.807) is 30.5 Å². The topological polar surface area (TPSA) is 54.9 Å². The van der Waals surface area contributed by atoms with Gasteiger partial charge < -0.3 is 5.32 Å². The standard InChI is InChI=1S/C16H12ClN3OS/c1-10-14(15(21)20-12-7-5-11(17)6-8-12)22-16(19-10)13-4-2-3-9-18-13/h2-9H,1H3,(H,20,21). The minimum Gasteiger partial charge on any atom is -0.321 e. The van der Waals surface area contributed by atoms with Gasteiger partial charge in [-0.3, -0.25) is 9.78 Å². The van der Waals surface area contributed by atoms with Crippen LogP contribution in [0.3, 0.4) is 0 Å². The predicted molar refractivity (Wildman–Crippen MR) is 89.5 cm³/mol. The third kappa shape index (κ3) is 3.16. The van der Waals surface area contributed by atoms with Crippen molar-refractivity contribution in [3.63, 3.8) is 0 Å². The molecule has 3 aromatic rings. The second-order valence-corrected chi connectivity index (χ2v) is 6.05. The number of nitrogens with zero attached hydrogens (tertiary/aromatic N) is 2. The molecule has 1 N–H and O–H groups in total. The first kappa shape index (κ1) is 14.7. The van der Waals surface area contributed by atoms with Gasteiger partial charge in [-0.25, -0.2) is 4.98 Å². The van der Waals surface area contributed by atoms with Gasteiger partial charge in [0.15, 0.2) is 0 Å². The van der Waals surface area contributed by atoms with E-state index in [4.69, 9.17) is 11.6 Å². The fourth-order valence-corrected chi connectivity index (χ4v) is 2.99. The van der Waals surface area contributed by atoms with E-state index in [9.17, 15) is 4.79 Å². The maximum Gasteiger partial charge on any atom is 0.267 e. The van der Waals surface area contributed by atoms with Gasteiger partial charge in [-0.15, -0.1) is 11.3 Å². The number of pyridine rings is 1. The summed E-state index contributed by atoms with van der Waals surface area (Å²) in [6.07, 6.45) is 1.71. The number of hydrogen-bond donors (Lipinski definition) is 1. The largest absolute Gasteiger partial charge is 0.321 e. The fraction of sp³-hybridized carbons (Fsp3) is 0.0625. The molecule has 6 heteroatoms. The van der Waals surface area contributed by atoms with Crippen LogP contribution < -0.4 is 5.32 Å². The normalized spacial score (nSPS) is 10.5. The van der Waals surface area contributed by atoms with Crippen LogP contribution in [0.5, 0.6) is 0 Å². The predicted octanol–water partition coefficient (Wildman–Crippen LogP) is 4.42. The summed E-state index contributed by atoms with van der Waals surface area (Å²) in [5, 5.41) is 4.21. The van der Waals surface area contributed by atoms with E-state index in [0.717, 1.165) is 10.7 Å². The van der Waals surface area contributed by atoms with Crippen LogP contribution in [0.25, 0.3) is 10.7 Å². The Morgan fingerprint density at radius 1 is 1.18 bits per heavy atom. The van der Waals surface area contributed by atoms with Gasteiger partial charge in [0.2, 0.25) is 0 Å². The zero-order valence-corrected chi connectivity index (χ0v) is 13.3. The van der Waals surface area contributed by atoms with Crippen molar-refractivity contribution in [3.8, 4) is 10.7 Å². The zero-order valence-electron chi connectivity index (χ0n) is 11.7. The maximum absolute atomic E-state index is 12.4. The van der Waals surface area contributed by atoms with Crippen LogP contribution in [0.2, 0.25) is 5.02 Å². The smallest absolute Gasteiger partial charge is 0.267 e. The van der Waals surface area contributed by atoms with Gasteiger partial charge in [0.05, 0.1) is 11.4 Å². The van der Waals surface area contributed by atoms with Crippen molar-refractivity contribution in [1.29, 1.82) is 0 Å². The number of aryl methyl sites for hydroxylation is 1. The molecule has 0 saturated heterocycles. The highest BCUT2D eigenvalue weighted by Gasteiger charge is 2.16. The van der Waals surface area contributed by atoms with E-state index in [-0.39, 0.29) is 5.91 Å². The molecule has 2 heterocycles. The monoisotopic (exact) mass is 329 g/mol.